The lowest BCUT2D eigenvalue weighted by Gasteiger charge is -2.24. The van der Waals surface area contributed by atoms with Crippen LogP contribution in [0.4, 0.5) is 0 Å². The molecule has 0 aliphatic rings. The maximum atomic E-state index is 10.4. The second-order valence-corrected chi connectivity index (χ2v) is 5.51. The zero-order valence-electron chi connectivity index (χ0n) is 12.1. The molecular weight excluding hydrogens is 262 g/mol. The van der Waals surface area contributed by atoms with Crippen LogP contribution in [0, 0.1) is 5.92 Å². The summed E-state index contributed by atoms with van der Waals surface area (Å²) in [5.74, 6) is 0.0352. The van der Waals surface area contributed by atoms with Gasteiger partial charge in [0.1, 0.15) is 6.23 Å². The molecule has 0 fully saturated rings. The third kappa shape index (κ3) is 5.31. The van der Waals surface area contributed by atoms with Gasteiger partial charge in [0.2, 0.25) is 0 Å². The standard InChI is InChI=1S/C18H23NO2/c19-18(21)13-17(20)16(11-14-7-3-1-4-8-14)12-15-9-5-2-6-10-15/h1-10,16-18,20-21H,11-13,19H2/t17-,18?/m0/s1. The fourth-order valence-electron chi connectivity index (χ4n) is 2.62. The van der Waals surface area contributed by atoms with E-state index >= 15 is 0 Å². The Morgan fingerprint density at radius 2 is 1.19 bits per heavy atom. The highest BCUT2D eigenvalue weighted by Gasteiger charge is 2.21. The summed E-state index contributed by atoms with van der Waals surface area (Å²) in [5, 5.41) is 19.7. The molecule has 0 heterocycles. The Morgan fingerprint density at radius 3 is 1.57 bits per heavy atom. The number of aliphatic hydroxyl groups excluding tert-OH is 2. The van der Waals surface area contributed by atoms with Gasteiger partial charge in [-0.25, -0.2) is 0 Å². The lowest BCUT2D eigenvalue weighted by molar-refractivity contribution is 0.0457. The molecule has 2 aromatic carbocycles. The van der Waals surface area contributed by atoms with Crippen molar-refractivity contribution in [2.75, 3.05) is 0 Å². The van der Waals surface area contributed by atoms with Gasteiger partial charge in [-0.2, -0.15) is 0 Å². The van der Waals surface area contributed by atoms with Crippen molar-refractivity contribution in [3.05, 3.63) is 71.8 Å². The largest absolute Gasteiger partial charge is 0.393 e. The Bertz CT molecular complexity index is 472. The molecule has 0 saturated carbocycles. The first-order valence-corrected chi connectivity index (χ1v) is 7.34. The molecule has 2 aromatic rings. The van der Waals surface area contributed by atoms with Crippen molar-refractivity contribution in [2.45, 2.75) is 31.6 Å². The van der Waals surface area contributed by atoms with Gasteiger partial charge in [-0.15, -0.1) is 0 Å². The monoisotopic (exact) mass is 285 g/mol. The predicted molar refractivity (Wildman–Crippen MR) is 84.6 cm³/mol. The summed E-state index contributed by atoms with van der Waals surface area (Å²) in [6.07, 6.45) is 0.136. The molecule has 2 atom stereocenters. The van der Waals surface area contributed by atoms with Crippen molar-refractivity contribution in [1.29, 1.82) is 0 Å². The normalized spacial score (nSPS) is 14.1. The van der Waals surface area contributed by atoms with E-state index in [1.54, 1.807) is 0 Å². The van der Waals surface area contributed by atoms with Crippen LogP contribution in [0.25, 0.3) is 0 Å². The minimum Gasteiger partial charge on any atom is -0.393 e. The Labute approximate surface area is 126 Å². The minimum absolute atomic E-state index is 0.0352. The molecule has 0 spiro atoms. The number of hydrogen-bond acceptors (Lipinski definition) is 3. The van der Waals surface area contributed by atoms with Gasteiger partial charge in [0.25, 0.3) is 0 Å². The summed E-state index contributed by atoms with van der Waals surface area (Å²) in [6.45, 7) is 0. The molecule has 3 nitrogen and oxygen atoms in total. The Hall–Kier alpha value is -1.68. The molecule has 0 radical (unpaired) electrons. The summed E-state index contributed by atoms with van der Waals surface area (Å²) in [5.41, 5.74) is 7.78. The molecule has 0 aliphatic carbocycles. The topological polar surface area (TPSA) is 66.5 Å². The van der Waals surface area contributed by atoms with Crippen LogP contribution < -0.4 is 5.73 Å². The van der Waals surface area contributed by atoms with Gasteiger partial charge in [0, 0.05) is 6.42 Å². The van der Waals surface area contributed by atoms with E-state index in [0.717, 1.165) is 12.8 Å². The van der Waals surface area contributed by atoms with Crippen molar-refractivity contribution in [3.8, 4) is 0 Å². The second-order valence-electron chi connectivity index (χ2n) is 5.51. The maximum Gasteiger partial charge on any atom is 0.104 e. The highest BCUT2D eigenvalue weighted by Crippen LogP contribution is 2.20. The first-order valence-electron chi connectivity index (χ1n) is 7.34. The number of aliphatic hydroxyl groups is 2. The number of rotatable bonds is 7. The summed E-state index contributed by atoms with van der Waals surface area (Å²) in [4.78, 5) is 0. The summed E-state index contributed by atoms with van der Waals surface area (Å²) in [6, 6.07) is 20.2. The molecule has 0 aromatic heterocycles. The third-order valence-electron chi connectivity index (χ3n) is 3.71. The van der Waals surface area contributed by atoms with E-state index in [2.05, 4.69) is 24.3 Å². The van der Waals surface area contributed by atoms with Gasteiger partial charge in [-0.1, -0.05) is 60.7 Å². The zero-order valence-corrected chi connectivity index (χ0v) is 12.1. The van der Waals surface area contributed by atoms with Gasteiger partial charge in [0.15, 0.2) is 0 Å². The Morgan fingerprint density at radius 1 is 0.762 bits per heavy atom. The molecule has 0 bridgehead atoms. The van der Waals surface area contributed by atoms with E-state index in [4.69, 9.17) is 5.73 Å². The van der Waals surface area contributed by atoms with Crippen molar-refractivity contribution in [3.63, 3.8) is 0 Å². The molecule has 3 heteroatoms. The van der Waals surface area contributed by atoms with Crippen LogP contribution in [0.5, 0.6) is 0 Å². The summed E-state index contributed by atoms with van der Waals surface area (Å²) < 4.78 is 0. The van der Waals surface area contributed by atoms with Crippen LogP contribution in [0.2, 0.25) is 0 Å². The quantitative estimate of drug-likeness (QED) is 0.683. The molecule has 2 rings (SSSR count). The minimum atomic E-state index is -0.978. The lowest BCUT2D eigenvalue weighted by Crippen LogP contribution is -2.32. The van der Waals surface area contributed by atoms with Crippen molar-refractivity contribution >= 4 is 0 Å². The molecule has 0 aliphatic heterocycles. The predicted octanol–water partition coefficient (Wildman–Crippen LogP) is 2.12. The average molecular weight is 285 g/mol. The van der Waals surface area contributed by atoms with Gasteiger partial charge in [-0.3, -0.25) is 0 Å². The SMILES string of the molecule is NC(O)C[C@H](O)C(Cc1ccccc1)Cc1ccccc1. The van der Waals surface area contributed by atoms with Gasteiger partial charge < -0.3 is 15.9 Å². The third-order valence-corrected chi connectivity index (χ3v) is 3.71. The van der Waals surface area contributed by atoms with Crippen molar-refractivity contribution < 1.29 is 10.2 Å². The Kier molecular flexibility index (Phi) is 5.93. The van der Waals surface area contributed by atoms with E-state index in [9.17, 15) is 10.2 Å². The summed E-state index contributed by atoms with van der Waals surface area (Å²) >= 11 is 0. The molecular formula is C18H23NO2. The molecule has 0 saturated heterocycles. The fraction of sp³-hybridized carbons (Fsp3) is 0.333. The lowest BCUT2D eigenvalue weighted by atomic mass is 9.86. The van der Waals surface area contributed by atoms with Crippen LogP contribution in [0.15, 0.2) is 60.7 Å². The molecule has 1 unspecified atom stereocenters. The van der Waals surface area contributed by atoms with Crippen LogP contribution in [-0.2, 0) is 12.8 Å². The van der Waals surface area contributed by atoms with Gasteiger partial charge in [0.05, 0.1) is 6.10 Å². The molecule has 112 valence electrons. The smallest absolute Gasteiger partial charge is 0.104 e. The highest BCUT2D eigenvalue weighted by atomic mass is 16.3. The Balaban J connectivity index is 2.10. The van der Waals surface area contributed by atoms with E-state index < -0.39 is 12.3 Å². The zero-order chi connectivity index (χ0) is 15.1. The number of benzene rings is 2. The van der Waals surface area contributed by atoms with Crippen LogP contribution in [0.3, 0.4) is 0 Å². The van der Waals surface area contributed by atoms with Crippen LogP contribution in [0.1, 0.15) is 17.5 Å². The molecule has 21 heavy (non-hydrogen) atoms. The molecule has 0 amide bonds. The molecule has 4 N–H and O–H groups in total. The first-order chi connectivity index (χ1) is 10.1. The van der Waals surface area contributed by atoms with Gasteiger partial charge >= 0.3 is 0 Å². The van der Waals surface area contributed by atoms with E-state index in [1.165, 1.54) is 11.1 Å². The van der Waals surface area contributed by atoms with Crippen LogP contribution >= 0.6 is 0 Å². The van der Waals surface area contributed by atoms with Crippen LogP contribution in [-0.4, -0.2) is 22.5 Å². The first kappa shape index (κ1) is 15.7. The highest BCUT2D eigenvalue weighted by molar-refractivity contribution is 5.19. The van der Waals surface area contributed by atoms with Gasteiger partial charge in [-0.05, 0) is 29.9 Å². The number of hydrogen-bond donors (Lipinski definition) is 3. The van der Waals surface area contributed by atoms with Crippen molar-refractivity contribution in [1.82, 2.24) is 0 Å². The maximum absolute atomic E-state index is 10.4. The van der Waals surface area contributed by atoms with E-state index in [-0.39, 0.29) is 12.3 Å². The average Bonchev–Trinajstić information content (AvgIpc) is 2.48. The fourth-order valence-corrected chi connectivity index (χ4v) is 2.62. The second kappa shape index (κ2) is 7.93. The van der Waals surface area contributed by atoms with E-state index in [0.29, 0.717) is 0 Å². The van der Waals surface area contributed by atoms with E-state index in [1.807, 2.05) is 36.4 Å². The van der Waals surface area contributed by atoms with Crippen molar-refractivity contribution in [2.24, 2.45) is 11.7 Å². The summed E-state index contributed by atoms with van der Waals surface area (Å²) in [7, 11) is 0. The number of nitrogens with two attached hydrogens (primary N) is 1.